The Morgan fingerprint density at radius 1 is 0.931 bits per heavy atom. The van der Waals surface area contributed by atoms with Crippen LogP contribution in [0.5, 0.6) is 0 Å². The fraction of sp³-hybridized carbons (Fsp3) is 0.476. The van der Waals surface area contributed by atoms with Crippen LogP contribution in [0.4, 0.5) is 11.6 Å². The van der Waals surface area contributed by atoms with Gasteiger partial charge in [-0.2, -0.15) is 0 Å². The van der Waals surface area contributed by atoms with Crippen molar-refractivity contribution in [1.29, 1.82) is 0 Å². The summed E-state index contributed by atoms with van der Waals surface area (Å²) in [5.41, 5.74) is 0.657. The first-order valence-electron chi connectivity index (χ1n) is 10.2. The minimum Gasteiger partial charge on any atom is -0.379 e. The molecule has 8 heteroatoms. The topological polar surface area (TPSA) is 73.8 Å². The number of nitrogens with one attached hydrogen (secondary N) is 1. The second kappa shape index (κ2) is 9.67. The summed E-state index contributed by atoms with van der Waals surface area (Å²) >= 11 is 0. The number of morpholine rings is 1. The number of anilines is 2. The normalized spacial score (nSPS) is 17.9. The van der Waals surface area contributed by atoms with Gasteiger partial charge in [-0.25, -0.2) is 9.97 Å². The molecule has 2 aromatic heterocycles. The molecule has 2 fully saturated rings. The molecular weight excluding hydrogens is 368 g/mol. The number of hydrogen-bond acceptors (Lipinski definition) is 7. The van der Waals surface area contributed by atoms with E-state index in [0.29, 0.717) is 12.1 Å². The third-order valence-electron chi connectivity index (χ3n) is 5.40. The molecule has 0 saturated carbocycles. The third kappa shape index (κ3) is 5.21. The highest BCUT2D eigenvalue weighted by Crippen LogP contribution is 2.18. The zero-order valence-corrected chi connectivity index (χ0v) is 16.7. The van der Waals surface area contributed by atoms with E-state index >= 15 is 0 Å². The Balaban J connectivity index is 1.28. The lowest BCUT2D eigenvalue weighted by Crippen LogP contribution is -2.47. The zero-order valence-electron chi connectivity index (χ0n) is 16.7. The van der Waals surface area contributed by atoms with Crippen molar-refractivity contribution in [1.82, 2.24) is 20.2 Å². The fourth-order valence-electron chi connectivity index (χ4n) is 3.69. The Morgan fingerprint density at radius 2 is 1.66 bits per heavy atom. The zero-order chi connectivity index (χ0) is 19.9. The summed E-state index contributed by atoms with van der Waals surface area (Å²) in [5, 5.41) is 3.02. The molecule has 2 aliphatic rings. The summed E-state index contributed by atoms with van der Waals surface area (Å²) in [6.07, 6.45) is 3.54. The average Bonchev–Trinajstić information content (AvgIpc) is 2.80. The van der Waals surface area contributed by atoms with Crippen LogP contribution >= 0.6 is 0 Å². The molecule has 4 heterocycles. The van der Waals surface area contributed by atoms with Gasteiger partial charge in [0.05, 0.1) is 13.2 Å². The highest BCUT2D eigenvalue weighted by Gasteiger charge is 2.20. The maximum atomic E-state index is 12.5. The van der Waals surface area contributed by atoms with E-state index in [2.05, 4.69) is 30.0 Å². The van der Waals surface area contributed by atoms with Crippen LogP contribution in [0.25, 0.3) is 0 Å². The minimum absolute atomic E-state index is 0.0472. The Kier molecular flexibility index (Phi) is 6.53. The van der Waals surface area contributed by atoms with Crippen LogP contribution in [-0.2, 0) is 4.74 Å². The van der Waals surface area contributed by atoms with E-state index in [0.717, 1.165) is 70.7 Å². The molecule has 0 unspecified atom stereocenters. The smallest absolute Gasteiger partial charge is 0.251 e. The van der Waals surface area contributed by atoms with E-state index in [4.69, 9.17) is 4.74 Å². The SMILES string of the molecule is O=C(NCCN1CCOCC1)c1ccnc(N2CCN(c3ccccn3)CC2)c1. The second-order valence-corrected chi connectivity index (χ2v) is 7.27. The minimum atomic E-state index is -0.0472. The molecule has 0 atom stereocenters. The predicted molar refractivity (Wildman–Crippen MR) is 112 cm³/mol. The van der Waals surface area contributed by atoms with Gasteiger partial charge in [0.25, 0.3) is 5.91 Å². The van der Waals surface area contributed by atoms with Crippen LogP contribution in [0.1, 0.15) is 10.4 Å². The molecule has 8 nitrogen and oxygen atoms in total. The quantitative estimate of drug-likeness (QED) is 0.777. The Labute approximate surface area is 171 Å². The van der Waals surface area contributed by atoms with Crippen molar-refractivity contribution in [2.24, 2.45) is 0 Å². The molecule has 154 valence electrons. The van der Waals surface area contributed by atoms with Gasteiger partial charge in [0, 0.05) is 70.3 Å². The predicted octanol–water partition coefficient (Wildman–Crippen LogP) is 0.865. The number of ether oxygens (including phenoxy) is 1. The van der Waals surface area contributed by atoms with Crippen LogP contribution in [0, 0.1) is 0 Å². The summed E-state index contributed by atoms with van der Waals surface area (Å²) in [7, 11) is 0. The highest BCUT2D eigenvalue weighted by atomic mass is 16.5. The highest BCUT2D eigenvalue weighted by molar-refractivity contribution is 5.94. The lowest BCUT2D eigenvalue weighted by Gasteiger charge is -2.36. The maximum Gasteiger partial charge on any atom is 0.251 e. The van der Waals surface area contributed by atoms with E-state index in [9.17, 15) is 4.79 Å². The van der Waals surface area contributed by atoms with E-state index < -0.39 is 0 Å². The molecule has 2 aliphatic heterocycles. The summed E-state index contributed by atoms with van der Waals surface area (Å²) in [4.78, 5) is 28.3. The fourth-order valence-corrected chi connectivity index (χ4v) is 3.69. The van der Waals surface area contributed by atoms with Gasteiger partial charge in [-0.15, -0.1) is 0 Å². The molecule has 0 spiro atoms. The van der Waals surface area contributed by atoms with Crippen LogP contribution in [0.2, 0.25) is 0 Å². The molecule has 0 aromatic carbocycles. The van der Waals surface area contributed by atoms with E-state index in [1.165, 1.54) is 0 Å². The molecule has 2 saturated heterocycles. The summed E-state index contributed by atoms with van der Waals surface area (Å²) in [6.45, 7) is 8.37. The number of hydrogen-bond donors (Lipinski definition) is 1. The van der Waals surface area contributed by atoms with Crippen LogP contribution < -0.4 is 15.1 Å². The van der Waals surface area contributed by atoms with Crippen LogP contribution in [-0.4, -0.2) is 86.3 Å². The number of carbonyl (C=O) groups excluding carboxylic acids is 1. The molecule has 0 radical (unpaired) electrons. The molecule has 29 heavy (non-hydrogen) atoms. The van der Waals surface area contributed by atoms with Crippen molar-refractivity contribution < 1.29 is 9.53 Å². The molecular formula is C21H28N6O2. The number of pyridine rings is 2. The molecule has 0 aliphatic carbocycles. The number of aromatic nitrogens is 2. The number of rotatable bonds is 6. The molecule has 2 aromatic rings. The van der Waals surface area contributed by atoms with E-state index in [-0.39, 0.29) is 5.91 Å². The lowest BCUT2D eigenvalue weighted by molar-refractivity contribution is 0.0383. The van der Waals surface area contributed by atoms with Crippen molar-refractivity contribution in [3.05, 3.63) is 48.3 Å². The number of carbonyl (C=O) groups is 1. The van der Waals surface area contributed by atoms with Gasteiger partial charge in [0.15, 0.2) is 0 Å². The summed E-state index contributed by atoms with van der Waals surface area (Å²) in [5.74, 6) is 1.81. The number of piperazine rings is 1. The van der Waals surface area contributed by atoms with Gasteiger partial charge in [0.2, 0.25) is 0 Å². The lowest BCUT2D eigenvalue weighted by atomic mass is 10.2. The van der Waals surface area contributed by atoms with Gasteiger partial charge in [-0.05, 0) is 24.3 Å². The van der Waals surface area contributed by atoms with Gasteiger partial charge in [0.1, 0.15) is 11.6 Å². The Bertz CT molecular complexity index is 789. The maximum absolute atomic E-state index is 12.5. The Morgan fingerprint density at radius 3 is 2.38 bits per heavy atom. The van der Waals surface area contributed by atoms with E-state index in [1.54, 1.807) is 12.3 Å². The van der Waals surface area contributed by atoms with Crippen molar-refractivity contribution >= 4 is 17.5 Å². The third-order valence-corrected chi connectivity index (χ3v) is 5.40. The summed E-state index contributed by atoms with van der Waals surface area (Å²) < 4.78 is 5.35. The van der Waals surface area contributed by atoms with Gasteiger partial charge < -0.3 is 19.9 Å². The summed E-state index contributed by atoms with van der Waals surface area (Å²) in [6, 6.07) is 9.65. The second-order valence-electron chi connectivity index (χ2n) is 7.27. The van der Waals surface area contributed by atoms with Crippen molar-refractivity contribution in [2.75, 3.05) is 75.4 Å². The largest absolute Gasteiger partial charge is 0.379 e. The van der Waals surface area contributed by atoms with Crippen molar-refractivity contribution in [3.63, 3.8) is 0 Å². The van der Waals surface area contributed by atoms with Crippen LogP contribution in [0.15, 0.2) is 42.7 Å². The Hall–Kier alpha value is -2.71. The van der Waals surface area contributed by atoms with Crippen molar-refractivity contribution in [2.45, 2.75) is 0 Å². The molecule has 1 amide bonds. The van der Waals surface area contributed by atoms with Crippen LogP contribution in [0.3, 0.4) is 0 Å². The van der Waals surface area contributed by atoms with E-state index in [1.807, 2.05) is 30.5 Å². The first-order valence-corrected chi connectivity index (χ1v) is 10.2. The molecule has 1 N–H and O–H groups in total. The molecule has 0 bridgehead atoms. The van der Waals surface area contributed by atoms with Gasteiger partial charge >= 0.3 is 0 Å². The first kappa shape index (κ1) is 19.6. The van der Waals surface area contributed by atoms with Gasteiger partial charge in [-0.3, -0.25) is 9.69 Å². The standard InChI is InChI=1S/C21H28N6O2/c28-21(24-7-8-25-13-15-29-16-14-25)18-4-6-23-20(17-18)27-11-9-26(10-12-27)19-3-1-2-5-22-19/h1-6,17H,7-16H2,(H,24,28). The number of amides is 1. The molecule has 4 rings (SSSR count). The first-order chi connectivity index (χ1) is 14.3. The average molecular weight is 396 g/mol. The number of nitrogens with zero attached hydrogens (tertiary/aromatic N) is 5. The van der Waals surface area contributed by atoms with Crippen molar-refractivity contribution in [3.8, 4) is 0 Å². The van der Waals surface area contributed by atoms with Gasteiger partial charge in [-0.1, -0.05) is 6.07 Å². The monoisotopic (exact) mass is 396 g/mol.